The number of nitriles is 1. The van der Waals surface area contributed by atoms with Crippen LogP contribution >= 0.6 is 0 Å². The number of aryl methyl sites for hydroxylation is 1. The minimum absolute atomic E-state index is 0.100. The van der Waals surface area contributed by atoms with Crippen molar-refractivity contribution in [3.8, 4) is 6.07 Å². The van der Waals surface area contributed by atoms with Crippen molar-refractivity contribution in [2.75, 3.05) is 0 Å². The van der Waals surface area contributed by atoms with Crippen LogP contribution in [0.25, 0.3) is 0 Å². The van der Waals surface area contributed by atoms with Gasteiger partial charge >= 0.3 is 5.97 Å². The number of benzene rings is 1. The number of rotatable bonds is 2. The Morgan fingerprint density at radius 3 is 2.64 bits per heavy atom. The summed E-state index contributed by atoms with van der Waals surface area (Å²) in [5, 5.41) is 17.5. The Labute approximate surface area is 80.4 Å². The molecule has 0 spiro atoms. The molecule has 0 atom stereocenters. The van der Waals surface area contributed by atoms with Crippen LogP contribution in [0.5, 0.6) is 0 Å². The molecule has 0 bridgehead atoms. The second-order valence-corrected chi connectivity index (χ2v) is 2.80. The van der Waals surface area contributed by atoms with Crippen molar-refractivity contribution < 1.29 is 14.7 Å². The Hall–Kier alpha value is -2.15. The van der Waals surface area contributed by atoms with E-state index >= 15 is 0 Å². The van der Waals surface area contributed by atoms with Crippen molar-refractivity contribution in [1.29, 1.82) is 5.26 Å². The van der Waals surface area contributed by atoms with Crippen LogP contribution in [0.15, 0.2) is 12.1 Å². The van der Waals surface area contributed by atoms with Gasteiger partial charge < -0.3 is 5.11 Å². The first-order valence-electron chi connectivity index (χ1n) is 3.83. The molecule has 70 valence electrons. The number of aromatic carboxylic acids is 1. The first-order chi connectivity index (χ1) is 6.60. The van der Waals surface area contributed by atoms with E-state index < -0.39 is 5.97 Å². The van der Waals surface area contributed by atoms with Crippen molar-refractivity contribution in [3.05, 3.63) is 34.4 Å². The molecule has 1 rings (SSSR count). The Morgan fingerprint density at radius 1 is 1.57 bits per heavy atom. The lowest BCUT2D eigenvalue weighted by molar-refractivity contribution is 0.0696. The van der Waals surface area contributed by atoms with E-state index in [4.69, 9.17) is 10.4 Å². The highest BCUT2D eigenvalue weighted by Crippen LogP contribution is 2.15. The predicted octanol–water partition coefficient (Wildman–Crippen LogP) is 1.38. The molecule has 0 aliphatic heterocycles. The SMILES string of the molecule is Cc1cc(C=O)cc(C(=O)O)c1C#N. The molecule has 1 aromatic rings. The maximum atomic E-state index is 10.7. The third-order valence-electron chi connectivity index (χ3n) is 1.84. The van der Waals surface area contributed by atoms with E-state index in [9.17, 15) is 9.59 Å². The second kappa shape index (κ2) is 3.71. The van der Waals surface area contributed by atoms with Crippen LogP contribution in [0.2, 0.25) is 0 Å². The summed E-state index contributed by atoms with van der Waals surface area (Å²) in [5.74, 6) is -1.20. The molecule has 1 N–H and O–H groups in total. The van der Waals surface area contributed by atoms with Gasteiger partial charge in [0, 0.05) is 5.56 Å². The third-order valence-corrected chi connectivity index (χ3v) is 1.84. The molecule has 0 saturated carbocycles. The zero-order chi connectivity index (χ0) is 10.7. The number of aldehydes is 1. The largest absolute Gasteiger partial charge is 0.478 e. The summed E-state index contributed by atoms with van der Waals surface area (Å²) in [7, 11) is 0. The minimum Gasteiger partial charge on any atom is -0.478 e. The summed E-state index contributed by atoms with van der Waals surface area (Å²) in [6.45, 7) is 1.60. The number of carbonyl (C=O) groups is 2. The lowest BCUT2D eigenvalue weighted by Gasteiger charge is -2.02. The third kappa shape index (κ3) is 1.62. The van der Waals surface area contributed by atoms with Gasteiger partial charge in [-0.15, -0.1) is 0 Å². The molecular weight excluding hydrogens is 182 g/mol. The van der Waals surface area contributed by atoms with E-state index in [-0.39, 0.29) is 16.7 Å². The summed E-state index contributed by atoms with van der Waals surface area (Å²) in [4.78, 5) is 21.2. The average Bonchev–Trinajstić information content (AvgIpc) is 2.16. The fourth-order valence-corrected chi connectivity index (χ4v) is 1.20. The van der Waals surface area contributed by atoms with Crippen LogP contribution in [0.1, 0.15) is 31.8 Å². The monoisotopic (exact) mass is 189 g/mol. The highest BCUT2D eigenvalue weighted by atomic mass is 16.4. The first-order valence-corrected chi connectivity index (χ1v) is 3.83. The smallest absolute Gasteiger partial charge is 0.337 e. The van der Waals surface area contributed by atoms with E-state index in [0.717, 1.165) is 0 Å². The van der Waals surface area contributed by atoms with Gasteiger partial charge in [0.25, 0.3) is 0 Å². The van der Waals surface area contributed by atoms with Gasteiger partial charge in [0.2, 0.25) is 0 Å². The zero-order valence-corrected chi connectivity index (χ0v) is 7.44. The molecule has 0 aromatic heterocycles. The van der Waals surface area contributed by atoms with Gasteiger partial charge in [-0.3, -0.25) is 4.79 Å². The summed E-state index contributed by atoms with van der Waals surface area (Å²) in [5.41, 5.74) is 0.728. The lowest BCUT2D eigenvalue weighted by Crippen LogP contribution is -2.03. The number of nitrogens with zero attached hydrogens (tertiary/aromatic N) is 1. The first kappa shape index (κ1) is 9.93. The number of carboxylic acids is 1. The maximum absolute atomic E-state index is 10.7. The Morgan fingerprint density at radius 2 is 2.21 bits per heavy atom. The molecule has 0 amide bonds. The van der Waals surface area contributed by atoms with E-state index in [1.807, 2.05) is 0 Å². The molecule has 0 fully saturated rings. The summed E-state index contributed by atoms with van der Waals surface area (Å²) in [6, 6.07) is 4.48. The fraction of sp³-hybridized carbons (Fsp3) is 0.100. The van der Waals surface area contributed by atoms with E-state index in [1.54, 1.807) is 13.0 Å². The van der Waals surface area contributed by atoms with Crippen molar-refractivity contribution in [1.82, 2.24) is 0 Å². The van der Waals surface area contributed by atoms with Gasteiger partial charge in [0.1, 0.15) is 12.4 Å². The van der Waals surface area contributed by atoms with E-state index in [2.05, 4.69) is 0 Å². The average molecular weight is 189 g/mol. The van der Waals surface area contributed by atoms with Crippen molar-refractivity contribution in [2.24, 2.45) is 0 Å². The number of hydrogen-bond donors (Lipinski definition) is 1. The standard InChI is InChI=1S/C10H7NO3/c1-6-2-7(5-12)3-8(10(13)14)9(6)4-11/h2-3,5H,1H3,(H,13,14). The van der Waals surface area contributed by atoms with Gasteiger partial charge in [0.05, 0.1) is 11.1 Å². The molecule has 0 heterocycles. The summed E-state index contributed by atoms with van der Waals surface area (Å²) < 4.78 is 0. The molecule has 14 heavy (non-hydrogen) atoms. The van der Waals surface area contributed by atoms with Crippen LogP contribution in [0.3, 0.4) is 0 Å². The molecule has 0 radical (unpaired) electrons. The molecule has 0 unspecified atom stereocenters. The predicted molar refractivity (Wildman–Crippen MR) is 48.2 cm³/mol. The lowest BCUT2D eigenvalue weighted by atomic mass is 10.00. The highest BCUT2D eigenvalue weighted by Gasteiger charge is 2.13. The molecule has 0 aliphatic carbocycles. The molecule has 0 saturated heterocycles. The number of hydrogen-bond acceptors (Lipinski definition) is 3. The van der Waals surface area contributed by atoms with E-state index in [1.165, 1.54) is 12.1 Å². The van der Waals surface area contributed by atoms with E-state index in [0.29, 0.717) is 11.8 Å². The molecule has 4 nitrogen and oxygen atoms in total. The molecular formula is C10H7NO3. The Balaban J connectivity index is 3.53. The van der Waals surface area contributed by atoms with Crippen molar-refractivity contribution in [3.63, 3.8) is 0 Å². The van der Waals surface area contributed by atoms with Crippen molar-refractivity contribution >= 4 is 12.3 Å². The number of carboxylic acid groups (broad SMARTS) is 1. The number of carbonyl (C=O) groups excluding carboxylic acids is 1. The molecule has 1 aromatic carbocycles. The highest BCUT2D eigenvalue weighted by molar-refractivity contribution is 5.93. The Kier molecular flexibility index (Phi) is 2.63. The minimum atomic E-state index is -1.20. The zero-order valence-electron chi connectivity index (χ0n) is 7.44. The van der Waals surface area contributed by atoms with Crippen LogP contribution < -0.4 is 0 Å². The normalized spacial score (nSPS) is 9.14. The topological polar surface area (TPSA) is 78.2 Å². The van der Waals surface area contributed by atoms with Crippen LogP contribution in [0, 0.1) is 18.3 Å². The van der Waals surface area contributed by atoms with Gasteiger partial charge in [-0.1, -0.05) is 0 Å². The van der Waals surface area contributed by atoms with Gasteiger partial charge in [0.15, 0.2) is 0 Å². The summed E-state index contributed by atoms with van der Waals surface area (Å²) >= 11 is 0. The van der Waals surface area contributed by atoms with Crippen LogP contribution in [-0.4, -0.2) is 17.4 Å². The Bertz CT molecular complexity index is 443. The molecule has 4 heteroatoms. The van der Waals surface area contributed by atoms with Crippen molar-refractivity contribution in [2.45, 2.75) is 6.92 Å². The maximum Gasteiger partial charge on any atom is 0.337 e. The summed E-state index contributed by atoms with van der Waals surface area (Å²) in [6.07, 6.45) is 0.556. The van der Waals surface area contributed by atoms with Crippen LogP contribution in [-0.2, 0) is 0 Å². The fourth-order valence-electron chi connectivity index (χ4n) is 1.20. The quantitative estimate of drug-likeness (QED) is 0.713. The van der Waals surface area contributed by atoms with Gasteiger partial charge in [-0.05, 0) is 24.6 Å². The second-order valence-electron chi connectivity index (χ2n) is 2.80. The van der Waals surface area contributed by atoms with Crippen LogP contribution in [0.4, 0.5) is 0 Å². The molecule has 0 aliphatic rings. The van der Waals surface area contributed by atoms with Gasteiger partial charge in [-0.2, -0.15) is 5.26 Å². The van der Waals surface area contributed by atoms with Gasteiger partial charge in [-0.25, -0.2) is 4.79 Å².